The van der Waals surface area contributed by atoms with Crippen molar-refractivity contribution < 1.29 is 8.94 Å². The highest BCUT2D eigenvalue weighted by Crippen LogP contribution is 2.18. The Kier molecular flexibility index (Phi) is 3.35. The maximum atomic E-state index is 5.24. The van der Waals surface area contributed by atoms with Crippen molar-refractivity contribution in [3.8, 4) is 11.7 Å². The summed E-state index contributed by atoms with van der Waals surface area (Å²) in [5, 5.41) is 7.47. The largest absolute Gasteiger partial charge is 0.459 e. The fourth-order valence-corrected chi connectivity index (χ4v) is 2.32. The van der Waals surface area contributed by atoms with Gasteiger partial charge < -0.3 is 14.3 Å². The van der Waals surface area contributed by atoms with Crippen molar-refractivity contribution in [3.63, 3.8) is 0 Å². The summed E-state index contributed by atoms with van der Waals surface area (Å²) in [6.07, 6.45) is 1.60. The minimum atomic E-state index is 0.441. The van der Waals surface area contributed by atoms with E-state index in [1.807, 2.05) is 6.07 Å². The molecule has 0 amide bonds. The summed E-state index contributed by atoms with van der Waals surface area (Å²) in [4.78, 5) is 6.73. The van der Waals surface area contributed by atoms with Gasteiger partial charge in [-0.15, -0.1) is 0 Å². The van der Waals surface area contributed by atoms with Crippen LogP contribution in [0.4, 0.5) is 0 Å². The molecule has 1 fully saturated rings. The summed E-state index contributed by atoms with van der Waals surface area (Å²) < 4.78 is 10.5. The molecule has 0 saturated carbocycles. The highest BCUT2D eigenvalue weighted by Gasteiger charge is 2.24. The van der Waals surface area contributed by atoms with Gasteiger partial charge in [0.05, 0.1) is 12.8 Å². The fraction of sp³-hybridized carbons (Fsp3) is 0.538. The van der Waals surface area contributed by atoms with E-state index < -0.39 is 0 Å². The Morgan fingerprint density at radius 3 is 3.16 bits per heavy atom. The molecule has 6 nitrogen and oxygen atoms in total. The van der Waals surface area contributed by atoms with E-state index in [-0.39, 0.29) is 0 Å². The van der Waals surface area contributed by atoms with Crippen LogP contribution in [0.3, 0.4) is 0 Å². The van der Waals surface area contributed by atoms with E-state index >= 15 is 0 Å². The normalized spacial score (nSPS) is 24.7. The Labute approximate surface area is 111 Å². The highest BCUT2D eigenvalue weighted by atomic mass is 16.5. The average molecular weight is 262 g/mol. The third-order valence-electron chi connectivity index (χ3n) is 3.44. The van der Waals surface area contributed by atoms with Gasteiger partial charge in [-0.3, -0.25) is 4.90 Å². The van der Waals surface area contributed by atoms with Crippen molar-refractivity contribution >= 4 is 0 Å². The van der Waals surface area contributed by atoms with E-state index in [2.05, 4.69) is 34.2 Å². The zero-order valence-electron chi connectivity index (χ0n) is 11.2. The molecule has 1 saturated heterocycles. The van der Waals surface area contributed by atoms with Gasteiger partial charge >= 0.3 is 0 Å². The van der Waals surface area contributed by atoms with E-state index in [1.165, 1.54) is 0 Å². The maximum absolute atomic E-state index is 5.24. The van der Waals surface area contributed by atoms with Crippen LogP contribution in [0.15, 0.2) is 27.3 Å². The second-order valence-electron chi connectivity index (χ2n) is 5.08. The zero-order chi connectivity index (χ0) is 13.2. The van der Waals surface area contributed by atoms with E-state index in [9.17, 15) is 0 Å². The molecule has 0 radical (unpaired) electrons. The number of nitrogens with one attached hydrogen (secondary N) is 1. The molecule has 1 aliphatic heterocycles. The molecule has 3 heterocycles. The van der Waals surface area contributed by atoms with Gasteiger partial charge in [-0.2, -0.15) is 4.98 Å². The first-order valence-electron chi connectivity index (χ1n) is 6.56. The van der Waals surface area contributed by atoms with Gasteiger partial charge in [-0.25, -0.2) is 0 Å². The Balaban J connectivity index is 1.70. The quantitative estimate of drug-likeness (QED) is 0.904. The molecule has 1 N–H and O–H groups in total. The van der Waals surface area contributed by atoms with Crippen molar-refractivity contribution in [2.45, 2.75) is 32.5 Å². The lowest BCUT2D eigenvalue weighted by Gasteiger charge is -2.36. The molecular weight excluding hydrogens is 244 g/mol. The van der Waals surface area contributed by atoms with E-state index in [0.29, 0.717) is 36.1 Å². The number of hydrogen-bond donors (Lipinski definition) is 1. The molecule has 0 spiro atoms. The van der Waals surface area contributed by atoms with Crippen LogP contribution in [0.25, 0.3) is 11.7 Å². The van der Waals surface area contributed by atoms with Crippen LogP contribution in [-0.4, -0.2) is 40.2 Å². The van der Waals surface area contributed by atoms with Crippen molar-refractivity contribution in [1.29, 1.82) is 0 Å². The van der Waals surface area contributed by atoms with Crippen LogP contribution < -0.4 is 5.32 Å². The molecule has 2 aromatic rings. The van der Waals surface area contributed by atoms with Crippen LogP contribution in [0.5, 0.6) is 0 Å². The van der Waals surface area contributed by atoms with E-state index in [4.69, 9.17) is 8.94 Å². The Morgan fingerprint density at radius 2 is 2.37 bits per heavy atom. The predicted molar refractivity (Wildman–Crippen MR) is 69.3 cm³/mol. The van der Waals surface area contributed by atoms with Crippen LogP contribution in [0, 0.1) is 0 Å². The van der Waals surface area contributed by atoms with Crippen molar-refractivity contribution in [1.82, 2.24) is 20.4 Å². The number of nitrogens with zero attached hydrogens (tertiary/aromatic N) is 3. The van der Waals surface area contributed by atoms with Crippen LogP contribution in [0.1, 0.15) is 19.7 Å². The number of furan rings is 1. The van der Waals surface area contributed by atoms with Crippen LogP contribution in [0.2, 0.25) is 0 Å². The smallest absolute Gasteiger partial charge is 0.293 e. The number of aromatic nitrogens is 2. The molecule has 3 rings (SSSR count). The molecule has 2 aromatic heterocycles. The first-order valence-corrected chi connectivity index (χ1v) is 6.56. The standard InChI is InChI=1S/C13H18N4O2/c1-9-7-17(10(2)6-14-9)8-12-15-13(19-16-12)11-4-3-5-18-11/h3-5,9-10,14H,6-8H2,1-2H3. The second-order valence-corrected chi connectivity index (χ2v) is 5.08. The summed E-state index contributed by atoms with van der Waals surface area (Å²) in [5.74, 6) is 1.75. The lowest BCUT2D eigenvalue weighted by Crippen LogP contribution is -2.53. The number of rotatable bonds is 3. The summed E-state index contributed by atoms with van der Waals surface area (Å²) in [6, 6.07) is 4.58. The molecule has 0 aromatic carbocycles. The highest BCUT2D eigenvalue weighted by molar-refractivity contribution is 5.42. The number of hydrogen-bond acceptors (Lipinski definition) is 6. The molecular formula is C13H18N4O2. The number of piperazine rings is 1. The Bertz CT molecular complexity index is 522. The monoisotopic (exact) mass is 262 g/mol. The van der Waals surface area contributed by atoms with Gasteiger partial charge in [0.15, 0.2) is 11.6 Å². The van der Waals surface area contributed by atoms with E-state index in [0.717, 1.165) is 13.1 Å². The molecule has 6 heteroatoms. The van der Waals surface area contributed by atoms with Gasteiger partial charge in [0, 0.05) is 25.2 Å². The van der Waals surface area contributed by atoms with Gasteiger partial charge in [-0.1, -0.05) is 5.16 Å². The van der Waals surface area contributed by atoms with Gasteiger partial charge in [0.2, 0.25) is 0 Å². The molecule has 19 heavy (non-hydrogen) atoms. The average Bonchev–Trinajstić information content (AvgIpc) is 3.04. The molecule has 0 bridgehead atoms. The van der Waals surface area contributed by atoms with E-state index in [1.54, 1.807) is 12.3 Å². The molecule has 2 atom stereocenters. The fourth-order valence-electron chi connectivity index (χ4n) is 2.32. The summed E-state index contributed by atoms with van der Waals surface area (Å²) >= 11 is 0. The first kappa shape index (κ1) is 12.4. The third-order valence-corrected chi connectivity index (χ3v) is 3.44. The minimum Gasteiger partial charge on any atom is -0.459 e. The molecule has 102 valence electrons. The lowest BCUT2D eigenvalue weighted by atomic mass is 10.1. The molecule has 1 aliphatic rings. The summed E-state index contributed by atoms with van der Waals surface area (Å²) in [6.45, 7) is 7.07. The molecule has 0 aliphatic carbocycles. The lowest BCUT2D eigenvalue weighted by molar-refractivity contribution is 0.134. The summed E-state index contributed by atoms with van der Waals surface area (Å²) in [5.41, 5.74) is 0. The van der Waals surface area contributed by atoms with Crippen molar-refractivity contribution in [2.75, 3.05) is 13.1 Å². The summed E-state index contributed by atoms with van der Waals surface area (Å²) in [7, 11) is 0. The molecule has 2 unspecified atom stereocenters. The van der Waals surface area contributed by atoms with Crippen molar-refractivity contribution in [3.05, 3.63) is 24.2 Å². The maximum Gasteiger partial charge on any atom is 0.293 e. The second kappa shape index (κ2) is 5.14. The Hall–Kier alpha value is -1.66. The third kappa shape index (κ3) is 2.69. The zero-order valence-corrected chi connectivity index (χ0v) is 11.2. The minimum absolute atomic E-state index is 0.441. The van der Waals surface area contributed by atoms with Crippen molar-refractivity contribution in [2.24, 2.45) is 0 Å². The van der Waals surface area contributed by atoms with Gasteiger partial charge in [-0.05, 0) is 26.0 Å². The Morgan fingerprint density at radius 1 is 1.47 bits per heavy atom. The SMILES string of the molecule is CC1CN(Cc2noc(-c3ccco3)n2)C(C)CN1. The topological polar surface area (TPSA) is 67.3 Å². The van der Waals surface area contributed by atoms with Gasteiger partial charge in [0.25, 0.3) is 5.89 Å². The van der Waals surface area contributed by atoms with Crippen LogP contribution in [-0.2, 0) is 6.54 Å². The predicted octanol–water partition coefficient (Wildman–Crippen LogP) is 1.51. The first-order chi connectivity index (χ1) is 9.22. The van der Waals surface area contributed by atoms with Gasteiger partial charge in [0.1, 0.15) is 0 Å². The van der Waals surface area contributed by atoms with Crippen LogP contribution >= 0.6 is 0 Å².